The second kappa shape index (κ2) is 6.55. The number of hydrogen-bond donors (Lipinski definition) is 1. The van der Waals surface area contributed by atoms with Crippen LogP contribution in [-0.2, 0) is 18.2 Å². The van der Waals surface area contributed by atoms with Gasteiger partial charge in [-0.25, -0.2) is 13.6 Å². The monoisotopic (exact) mass is 323 g/mol. The fraction of sp³-hybridized carbons (Fsp3) is 0.267. The van der Waals surface area contributed by atoms with Gasteiger partial charge in [-0.3, -0.25) is 9.48 Å². The van der Waals surface area contributed by atoms with Crippen LogP contribution < -0.4 is 5.73 Å². The highest BCUT2D eigenvalue weighted by Gasteiger charge is 2.23. The molecule has 0 fully saturated rings. The first-order valence-electron chi connectivity index (χ1n) is 6.81. The molecule has 8 heteroatoms. The van der Waals surface area contributed by atoms with Gasteiger partial charge in [0.1, 0.15) is 23.0 Å². The van der Waals surface area contributed by atoms with E-state index in [0.29, 0.717) is 18.2 Å². The molecule has 0 amide bonds. The van der Waals surface area contributed by atoms with Crippen molar-refractivity contribution in [3.63, 3.8) is 0 Å². The normalized spacial score (nSPS) is 10.6. The quantitative estimate of drug-likeness (QED) is 0.670. The number of anilines is 1. The molecular formula is C15H15F2N3O3. The number of aromatic nitrogens is 2. The number of rotatable bonds is 5. The summed E-state index contributed by atoms with van der Waals surface area (Å²) in [6, 6.07) is 2.53. The van der Waals surface area contributed by atoms with Crippen molar-refractivity contribution in [2.24, 2.45) is 7.05 Å². The second-order valence-electron chi connectivity index (χ2n) is 4.81. The van der Waals surface area contributed by atoms with Crippen molar-refractivity contribution >= 4 is 17.6 Å². The molecule has 2 N–H and O–H groups in total. The molecule has 0 unspecified atom stereocenters. The standard InChI is InChI=1S/C15H15F2N3O3/c1-3-11-13(14(18)20(2)19-11)15(22)23-7-12(21)9-5-4-8(16)6-10(9)17/h4-6H,3,7,18H2,1-2H3. The maximum absolute atomic E-state index is 13.5. The Bertz CT molecular complexity index is 772. The van der Waals surface area contributed by atoms with Crippen LogP contribution in [0.25, 0.3) is 0 Å². The van der Waals surface area contributed by atoms with E-state index in [2.05, 4.69) is 5.10 Å². The fourth-order valence-electron chi connectivity index (χ4n) is 2.06. The predicted molar refractivity (Wildman–Crippen MR) is 78.0 cm³/mol. The number of halogens is 2. The van der Waals surface area contributed by atoms with Crippen molar-refractivity contribution in [1.29, 1.82) is 0 Å². The molecule has 0 aliphatic rings. The van der Waals surface area contributed by atoms with E-state index in [1.165, 1.54) is 4.68 Å². The minimum absolute atomic E-state index is 0.0855. The van der Waals surface area contributed by atoms with E-state index in [-0.39, 0.29) is 16.9 Å². The number of ether oxygens (including phenoxy) is 1. The average Bonchev–Trinajstić information content (AvgIpc) is 2.79. The first-order chi connectivity index (χ1) is 10.8. The van der Waals surface area contributed by atoms with Crippen LogP contribution in [0.15, 0.2) is 18.2 Å². The van der Waals surface area contributed by atoms with Crippen molar-refractivity contribution in [1.82, 2.24) is 9.78 Å². The van der Waals surface area contributed by atoms with Crippen LogP contribution in [0, 0.1) is 11.6 Å². The van der Waals surface area contributed by atoms with Crippen molar-refractivity contribution in [3.05, 3.63) is 46.7 Å². The van der Waals surface area contributed by atoms with Gasteiger partial charge >= 0.3 is 5.97 Å². The molecule has 6 nitrogen and oxygen atoms in total. The minimum Gasteiger partial charge on any atom is -0.454 e. The smallest absolute Gasteiger partial charge is 0.344 e. The zero-order valence-electron chi connectivity index (χ0n) is 12.6. The Morgan fingerprint density at radius 3 is 2.65 bits per heavy atom. The molecule has 23 heavy (non-hydrogen) atoms. The molecule has 0 saturated carbocycles. The van der Waals surface area contributed by atoms with Crippen LogP contribution in [0.1, 0.15) is 33.3 Å². The SMILES string of the molecule is CCc1nn(C)c(N)c1C(=O)OCC(=O)c1ccc(F)cc1F. The molecule has 0 aliphatic heterocycles. The zero-order chi connectivity index (χ0) is 17.1. The number of Topliss-reactive ketones (excluding diaryl/α,β-unsaturated/α-hetero) is 1. The van der Waals surface area contributed by atoms with E-state index in [4.69, 9.17) is 10.5 Å². The average molecular weight is 323 g/mol. The number of carbonyl (C=O) groups is 2. The lowest BCUT2D eigenvalue weighted by Gasteiger charge is -2.06. The lowest BCUT2D eigenvalue weighted by Crippen LogP contribution is -2.17. The van der Waals surface area contributed by atoms with Gasteiger partial charge < -0.3 is 10.5 Å². The molecule has 0 aliphatic carbocycles. The third-order valence-corrected chi connectivity index (χ3v) is 3.27. The van der Waals surface area contributed by atoms with Crippen molar-refractivity contribution in [3.8, 4) is 0 Å². The summed E-state index contributed by atoms with van der Waals surface area (Å²) in [4.78, 5) is 23.9. The van der Waals surface area contributed by atoms with Crippen LogP contribution >= 0.6 is 0 Å². The van der Waals surface area contributed by atoms with Crippen LogP contribution in [0.3, 0.4) is 0 Å². The molecule has 2 rings (SSSR count). The molecule has 2 aromatic rings. The summed E-state index contributed by atoms with van der Waals surface area (Å²) in [6.45, 7) is 1.11. The van der Waals surface area contributed by atoms with Gasteiger partial charge in [0.25, 0.3) is 0 Å². The molecule has 0 saturated heterocycles. The highest BCUT2D eigenvalue weighted by Crippen LogP contribution is 2.18. The summed E-state index contributed by atoms with van der Waals surface area (Å²) in [5.74, 6) is -3.29. The van der Waals surface area contributed by atoms with Gasteiger partial charge in [-0.05, 0) is 18.6 Å². The number of carbonyl (C=O) groups excluding carboxylic acids is 2. The number of aryl methyl sites for hydroxylation is 2. The van der Waals surface area contributed by atoms with Gasteiger partial charge in [0, 0.05) is 13.1 Å². The van der Waals surface area contributed by atoms with Crippen LogP contribution in [0.5, 0.6) is 0 Å². The summed E-state index contributed by atoms with van der Waals surface area (Å²) < 4.78 is 32.5. The summed E-state index contributed by atoms with van der Waals surface area (Å²) in [7, 11) is 1.57. The second-order valence-corrected chi connectivity index (χ2v) is 4.81. The molecular weight excluding hydrogens is 308 g/mol. The summed E-state index contributed by atoms with van der Waals surface area (Å²) >= 11 is 0. The Hall–Kier alpha value is -2.77. The van der Waals surface area contributed by atoms with Gasteiger partial charge in [0.15, 0.2) is 6.61 Å². The van der Waals surface area contributed by atoms with Gasteiger partial charge in [0.05, 0.1) is 11.3 Å². The maximum atomic E-state index is 13.5. The van der Waals surface area contributed by atoms with Gasteiger partial charge in [-0.15, -0.1) is 0 Å². The molecule has 1 heterocycles. The van der Waals surface area contributed by atoms with E-state index in [0.717, 1.165) is 12.1 Å². The lowest BCUT2D eigenvalue weighted by atomic mass is 10.1. The van der Waals surface area contributed by atoms with Crippen LogP contribution in [-0.4, -0.2) is 28.1 Å². The summed E-state index contributed by atoms with van der Waals surface area (Å²) in [5, 5.41) is 4.06. The highest BCUT2D eigenvalue weighted by atomic mass is 19.1. The number of nitrogens with zero attached hydrogens (tertiary/aromatic N) is 2. The van der Waals surface area contributed by atoms with Gasteiger partial charge in [0.2, 0.25) is 5.78 Å². The molecule has 0 atom stereocenters. The molecule has 0 bridgehead atoms. The number of benzene rings is 1. The third-order valence-electron chi connectivity index (χ3n) is 3.27. The molecule has 1 aromatic carbocycles. The number of hydrogen-bond acceptors (Lipinski definition) is 5. The van der Waals surface area contributed by atoms with E-state index in [9.17, 15) is 18.4 Å². The van der Waals surface area contributed by atoms with Crippen molar-refractivity contribution < 1.29 is 23.1 Å². The van der Waals surface area contributed by atoms with Crippen molar-refractivity contribution in [2.75, 3.05) is 12.3 Å². The fourth-order valence-corrected chi connectivity index (χ4v) is 2.06. The molecule has 1 aromatic heterocycles. The first kappa shape index (κ1) is 16.6. The minimum atomic E-state index is -1.01. The van der Waals surface area contributed by atoms with E-state index >= 15 is 0 Å². The largest absolute Gasteiger partial charge is 0.454 e. The van der Waals surface area contributed by atoms with Crippen LogP contribution in [0.2, 0.25) is 0 Å². The Morgan fingerprint density at radius 2 is 2.04 bits per heavy atom. The number of esters is 1. The summed E-state index contributed by atoms with van der Waals surface area (Å²) in [5.41, 5.74) is 5.92. The maximum Gasteiger partial charge on any atom is 0.344 e. The third kappa shape index (κ3) is 3.36. The van der Waals surface area contributed by atoms with Crippen molar-refractivity contribution in [2.45, 2.75) is 13.3 Å². The first-order valence-corrected chi connectivity index (χ1v) is 6.81. The number of nitrogen functional groups attached to an aromatic ring is 1. The van der Waals surface area contributed by atoms with Gasteiger partial charge in [-0.2, -0.15) is 5.10 Å². The van der Waals surface area contributed by atoms with E-state index in [1.54, 1.807) is 14.0 Å². The summed E-state index contributed by atoms with van der Waals surface area (Å²) in [6.07, 6.45) is 0.454. The number of nitrogens with two attached hydrogens (primary N) is 1. The lowest BCUT2D eigenvalue weighted by molar-refractivity contribution is 0.0473. The molecule has 122 valence electrons. The van der Waals surface area contributed by atoms with E-state index < -0.39 is 30.0 Å². The molecule has 0 spiro atoms. The highest BCUT2D eigenvalue weighted by molar-refractivity contribution is 6.01. The number of ketones is 1. The Morgan fingerprint density at radius 1 is 1.35 bits per heavy atom. The Balaban J connectivity index is 2.11. The zero-order valence-corrected chi connectivity index (χ0v) is 12.6. The van der Waals surface area contributed by atoms with Gasteiger partial charge in [-0.1, -0.05) is 6.92 Å². The predicted octanol–water partition coefficient (Wildman–Crippen LogP) is 1.88. The van der Waals surface area contributed by atoms with E-state index in [1.807, 2.05) is 0 Å². The molecule has 0 radical (unpaired) electrons. The Kier molecular flexibility index (Phi) is 4.73. The topological polar surface area (TPSA) is 87.2 Å². The Labute approximate surface area is 130 Å². The van der Waals surface area contributed by atoms with Crippen LogP contribution in [0.4, 0.5) is 14.6 Å².